The third-order valence-corrected chi connectivity index (χ3v) is 6.44. The van der Waals surface area contributed by atoms with Crippen LogP contribution in [-0.4, -0.2) is 53.7 Å². The second kappa shape index (κ2) is 7.13. The highest BCUT2D eigenvalue weighted by Gasteiger charge is 2.60. The molecule has 31 heavy (non-hydrogen) atoms. The lowest BCUT2D eigenvalue weighted by Gasteiger charge is -2.27. The fourth-order valence-electron chi connectivity index (χ4n) is 5.11. The molecular weight excluding hydrogens is 392 g/mol. The van der Waals surface area contributed by atoms with Gasteiger partial charge < -0.3 is 19.5 Å². The van der Waals surface area contributed by atoms with Crippen molar-refractivity contribution in [3.8, 4) is 5.75 Å². The quantitative estimate of drug-likeness (QED) is 0.662. The van der Waals surface area contributed by atoms with Crippen molar-refractivity contribution in [3.05, 3.63) is 60.3 Å². The van der Waals surface area contributed by atoms with E-state index in [1.807, 2.05) is 33.2 Å². The maximum atomic E-state index is 13.8. The summed E-state index contributed by atoms with van der Waals surface area (Å²) >= 11 is 0. The van der Waals surface area contributed by atoms with Gasteiger partial charge in [-0.05, 0) is 49.9 Å². The van der Waals surface area contributed by atoms with Crippen molar-refractivity contribution in [2.24, 2.45) is 7.05 Å². The van der Waals surface area contributed by atoms with Crippen LogP contribution in [0.25, 0.3) is 10.9 Å². The zero-order valence-electron chi connectivity index (χ0n) is 18.0. The van der Waals surface area contributed by atoms with Crippen LogP contribution < -0.4 is 15.0 Å². The molecule has 0 radical (unpaired) electrons. The summed E-state index contributed by atoms with van der Waals surface area (Å²) in [5, 5.41) is 4.19. The number of anilines is 1. The predicted octanol–water partition coefficient (Wildman–Crippen LogP) is 3.10. The molecule has 2 atom stereocenters. The van der Waals surface area contributed by atoms with Gasteiger partial charge in [-0.1, -0.05) is 18.2 Å². The number of rotatable bonds is 4. The first-order valence-electron chi connectivity index (χ1n) is 10.6. The number of carbonyl (C=O) groups excluding carboxylic acids is 2. The second-order valence-electron chi connectivity index (χ2n) is 8.43. The smallest absolute Gasteiger partial charge is 0.329 e. The Kier molecular flexibility index (Phi) is 4.51. The molecule has 2 saturated heterocycles. The number of benzene rings is 2. The summed E-state index contributed by atoms with van der Waals surface area (Å²) < 4.78 is 7.58. The summed E-state index contributed by atoms with van der Waals surface area (Å²) in [6.45, 7) is 3.64. The average Bonchev–Trinajstić information content (AvgIpc) is 3.35. The molecule has 1 spiro atoms. The van der Waals surface area contributed by atoms with Crippen LogP contribution in [0.4, 0.5) is 10.5 Å². The fourth-order valence-corrected chi connectivity index (χ4v) is 5.11. The minimum atomic E-state index is -0.992. The summed E-state index contributed by atoms with van der Waals surface area (Å²) in [5.41, 5.74) is 1.76. The standard InChI is InChI=1S/C24H26N4O3/c1-4-31-17-11-9-16(10-12-17)28-22(29)24(25-23(28)30)15-26(2)14-20(24)19-13-27(3)21-8-6-5-7-18(19)21/h5-13,20H,4,14-15H2,1-3H3,(H,25,30)/t20-,24+/m1/s1. The molecule has 2 aliphatic rings. The number of amides is 3. The van der Waals surface area contributed by atoms with Crippen LogP contribution in [0, 0.1) is 0 Å². The van der Waals surface area contributed by atoms with Crippen LogP contribution in [0.15, 0.2) is 54.7 Å². The molecule has 7 heteroatoms. The number of nitrogens with one attached hydrogen (secondary N) is 1. The van der Waals surface area contributed by atoms with E-state index in [4.69, 9.17) is 4.74 Å². The number of carbonyl (C=O) groups is 2. The zero-order valence-corrected chi connectivity index (χ0v) is 18.0. The molecular formula is C24H26N4O3. The van der Waals surface area contributed by atoms with Crippen LogP contribution in [0.1, 0.15) is 18.4 Å². The number of likely N-dealkylation sites (tertiary alicyclic amines) is 1. The monoisotopic (exact) mass is 418 g/mol. The van der Waals surface area contributed by atoms with Crippen LogP contribution in [0.3, 0.4) is 0 Å². The van der Waals surface area contributed by atoms with Crippen LogP contribution in [-0.2, 0) is 11.8 Å². The molecule has 0 aliphatic carbocycles. The van der Waals surface area contributed by atoms with Gasteiger partial charge in [-0.3, -0.25) is 4.79 Å². The number of fused-ring (bicyclic) bond motifs is 1. The number of ether oxygens (including phenoxy) is 1. The SMILES string of the molecule is CCOc1ccc(N2C(=O)N[C@]3(CN(C)C[C@@H]3c3cn(C)c4ccccc34)C2=O)cc1. The number of hydrogen-bond donors (Lipinski definition) is 1. The van der Waals surface area contributed by atoms with E-state index in [0.717, 1.165) is 16.5 Å². The van der Waals surface area contributed by atoms with Crippen LogP contribution in [0.5, 0.6) is 5.75 Å². The van der Waals surface area contributed by atoms with Gasteiger partial charge in [-0.15, -0.1) is 0 Å². The molecule has 2 aromatic carbocycles. The van der Waals surface area contributed by atoms with Crippen molar-refractivity contribution < 1.29 is 14.3 Å². The van der Waals surface area contributed by atoms with Gasteiger partial charge >= 0.3 is 6.03 Å². The number of aryl methyl sites for hydroxylation is 1. The first kappa shape index (κ1) is 19.6. The number of aromatic nitrogens is 1. The lowest BCUT2D eigenvalue weighted by Crippen LogP contribution is -2.52. The maximum absolute atomic E-state index is 13.8. The Bertz CT molecular complexity index is 1170. The van der Waals surface area contributed by atoms with E-state index in [9.17, 15) is 9.59 Å². The Morgan fingerprint density at radius 1 is 1.10 bits per heavy atom. The molecule has 3 aromatic rings. The molecule has 0 saturated carbocycles. The van der Waals surface area contributed by atoms with Crippen molar-refractivity contribution in [2.75, 3.05) is 31.6 Å². The Hall–Kier alpha value is -3.32. The Morgan fingerprint density at radius 2 is 1.84 bits per heavy atom. The largest absolute Gasteiger partial charge is 0.494 e. The van der Waals surface area contributed by atoms with Crippen molar-refractivity contribution in [3.63, 3.8) is 0 Å². The number of hydrogen-bond acceptors (Lipinski definition) is 4. The number of para-hydroxylation sites is 1. The number of nitrogens with zero attached hydrogens (tertiary/aromatic N) is 3. The van der Waals surface area contributed by atoms with E-state index in [1.165, 1.54) is 4.90 Å². The van der Waals surface area contributed by atoms with E-state index in [1.54, 1.807) is 24.3 Å². The van der Waals surface area contributed by atoms with Crippen LogP contribution in [0.2, 0.25) is 0 Å². The normalized spacial score (nSPS) is 23.8. The van der Waals surface area contributed by atoms with Gasteiger partial charge in [0.2, 0.25) is 0 Å². The second-order valence-corrected chi connectivity index (χ2v) is 8.43. The van der Waals surface area contributed by atoms with Crippen molar-refractivity contribution in [1.82, 2.24) is 14.8 Å². The molecule has 5 rings (SSSR count). The minimum absolute atomic E-state index is 0.146. The number of imide groups is 1. The van der Waals surface area contributed by atoms with E-state index in [2.05, 4.69) is 33.1 Å². The average molecular weight is 418 g/mol. The highest BCUT2D eigenvalue weighted by molar-refractivity contribution is 6.24. The zero-order chi connectivity index (χ0) is 21.8. The predicted molar refractivity (Wildman–Crippen MR) is 120 cm³/mol. The van der Waals surface area contributed by atoms with Gasteiger partial charge in [-0.25, -0.2) is 9.69 Å². The van der Waals surface area contributed by atoms with Crippen molar-refractivity contribution >= 4 is 28.5 Å². The summed E-state index contributed by atoms with van der Waals surface area (Å²) in [6, 6.07) is 14.9. The lowest BCUT2D eigenvalue weighted by atomic mass is 9.81. The number of likely N-dealkylation sites (N-methyl/N-ethyl adjacent to an activating group) is 1. The summed E-state index contributed by atoms with van der Waals surface area (Å²) in [4.78, 5) is 30.2. The van der Waals surface area contributed by atoms with Gasteiger partial charge in [0.15, 0.2) is 0 Å². The fraction of sp³-hybridized carbons (Fsp3) is 0.333. The first-order valence-corrected chi connectivity index (χ1v) is 10.6. The lowest BCUT2D eigenvalue weighted by molar-refractivity contribution is -0.122. The number of urea groups is 1. The van der Waals surface area contributed by atoms with E-state index in [0.29, 0.717) is 31.1 Å². The van der Waals surface area contributed by atoms with Gasteiger partial charge in [-0.2, -0.15) is 0 Å². The Balaban J connectivity index is 1.56. The van der Waals surface area contributed by atoms with E-state index in [-0.39, 0.29) is 17.9 Å². The van der Waals surface area contributed by atoms with Crippen molar-refractivity contribution in [1.29, 1.82) is 0 Å². The molecule has 0 bridgehead atoms. The molecule has 2 aliphatic heterocycles. The topological polar surface area (TPSA) is 66.8 Å². The van der Waals surface area contributed by atoms with Gasteiger partial charge in [0, 0.05) is 43.2 Å². The summed E-state index contributed by atoms with van der Waals surface area (Å²) in [5.74, 6) is 0.360. The molecule has 3 amide bonds. The van der Waals surface area contributed by atoms with Gasteiger partial charge in [0.05, 0.1) is 12.3 Å². The molecule has 0 unspecified atom stereocenters. The first-order chi connectivity index (χ1) is 14.9. The van der Waals surface area contributed by atoms with Gasteiger partial charge in [0.25, 0.3) is 5.91 Å². The van der Waals surface area contributed by atoms with Gasteiger partial charge in [0.1, 0.15) is 11.3 Å². The van der Waals surface area contributed by atoms with E-state index < -0.39 is 5.54 Å². The van der Waals surface area contributed by atoms with Crippen molar-refractivity contribution in [2.45, 2.75) is 18.4 Å². The Labute approximate surface area is 181 Å². The molecule has 1 aromatic heterocycles. The summed E-state index contributed by atoms with van der Waals surface area (Å²) in [6.07, 6.45) is 2.09. The highest BCUT2D eigenvalue weighted by atomic mass is 16.5. The summed E-state index contributed by atoms with van der Waals surface area (Å²) in [7, 11) is 4.00. The highest BCUT2D eigenvalue weighted by Crippen LogP contribution is 2.43. The maximum Gasteiger partial charge on any atom is 0.329 e. The molecule has 2 fully saturated rings. The molecule has 7 nitrogen and oxygen atoms in total. The molecule has 160 valence electrons. The third-order valence-electron chi connectivity index (χ3n) is 6.44. The third kappa shape index (κ3) is 2.91. The van der Waals surface area contributed by atoms with Crippen LogP contribution >= 0.6 is 0 Å². The molecule has 3 heterocycles. The Morgan fingerprint density at radius 3 is 2.58 bits per heavy atom. The minimum Gasteiger partial charge on any atom is -0.494 e. The van der Waals surface area contributed by atoms with E-state index >= 15 is 0 Å². The molecule has 1 N–H and O–H groups in total.